The molecule has 0 aliphatic carbocycles. The number of piperazine rings is 1. The lowest BCUT2D eigenvalue weighted by Crippen LogP contribution is -2.54. The van der Waals surface area contributed by atoms with Gasteiger partial charge in [-0.3, -0.25) is 14.7 Å². The van der Waals surface area contributed by atoms with Crippen LogP contribution >= 0.6 is 0 Å². The molecule has 2 heterocycles. The van der Waals surface area contributed by atoms with Crippen LogP contribution in [0.5, 0.6) is 0 Å². The Morgan fingerprint density at radius 2 is 1.81 bits per heavy atom. The number of carbonyl (C=O) groups excluding carboxylic acids is 1. The average Bonchev–Trinajstić information content (AvgIpc) is 2.74. The Morgan fingerprint density at radius 1 is 1.04 bits per heavy atom. The molecule has 1 amide bonds. The number of fused-ring (bicyclic) bond motifs is 1. The third-order valence-corrected chi connectivity index (χ3v) is 5.49. The molecule has 1 aliphatic rings. The van der Waals surface area contributed by atoms with Crippen LogP contribution < -0.4 is 0 Å². The van der Waals surface area contributed by atoms with Gasteiger partial charge in [-0.05, 0) is 17.4 Å². The minimum atomic E-state index is 0.0945. The van der Waals surface area contributed by atoms with Crippen molar-refractivity contribution < 1.29 is 4.79 Å². The number of pyridine rings is 1. The minimum Gasteiger partial charge on any atom is -0.336 e. The second kappa shape index (κ2) is 7.89. The Morgan fingerprint density at radius 3 is 2.63 bits per heavy atom. The molecule has 0 N–H and O–H groups in total. The predicted molar refractivity (Wildman–Crippen MR) is 109 cm³/mol. The Labute approximate surface area is 160 Å². The fraction of sp³-hybridized carbons (Fsp3) is 0.304. The molecule has 0 spiro atoms. The quantitative estimate of drug-likeness (QED) is 0.707. The molecule has 0 radical (unpaired) electrons. The van der Waals surface area contributed by atoms with Crippen molar-refractivity contribution in [3.05, 3.63) is 78.1 Å². The van der Waals surface area contributed by atoms with Crippen LogP contribution in [0.2, 0.25) is 0 Å². The summed E-state index contributed by atoms with van der Waals surface area (Å²) < 4.78 is 0. The molecule has 138 valence electrons. The van der Waals surface area contributed by atoms with Crippen molar-refractivity contribution in [2.75, 3.05) is 19.6 Å². The molecule has 1 aliphatic heterocycles. The van der Waals surface area contributed by atoms with Gasteiger partial charge in [0.05, 0.1) is 5.56 Å². The van der Waals surface area contributed by atoms with E-state index in [0.29, 0.717) is 11.6 Å². The summed E-state index contributed by atoms with van der Waals surface area (Å²) in [6.07, 6.45) is 4.56. The molecule has 1 fully saturated rings. The van der Waals surface area contributed by atoms with Crippen molar-refractivity contribution in [1.29, 1.82) is 0 Å². The van der Waals surface area contributed by atoms with Gasteiger partial charge in [-0.1, -0.05) is 61.5 Å². The van der Waals surface area contributed by atoms with Crippen molar-refractivity contribution in [3.8, 4) is 0 Å². The highest BCUT2D eigenvalue weighted by molar-refractivity contribution is 6.06. The van der Waals surface area contributed by atoms with Gasteiger partial charge >= 0.3 is 0 Å². The van der Waals surface area contributed by atoms with E-state index in [9.17, 15) is 4.79 Å². The number of amides is 1. The van der Waals surface area contributed by atoms with E-state index in [1.54, 1.807) is 6.20 Å². The average molecular weight is 359 g/mol. The second-order valence-corrected chi connectivity index (χ2v) is 7.18. The van der Waals surface area contributed by atoms with Crippen molar-refractivity contribution in [3.63, 3.8) is 0 Å². The van der Waals surface area contributed by atoms with E-state index in [1.807, 2.05) is 35.4 Å². The van der Waals surface area contributed by atoms with Crippen LogP contribution in [0.15, 0.2) is 67.0 Å². The Bertz CT molecular complexity index is 920. The van der Waals surface area contributed by atoms with Gasteiger partial charge in [0.25, 0.3) is 5.91 Å². The second-order valence-electron chi connectivity index (χ2n) is 7.18. The molecule has 4 nitrogen and oxygen atoms in total. The summed E-state index contributed by atoms with van der Waals surface area (Å²) >= 11 is 0. The zero-order valence-electron chi connectivity index (χ0n) is 15.7. The van der Waals surface area contributed by atoms with Crippen LogP contribution in [-0.4, -0.2) is 46.4 Å². The maximum atomic E-state index is 13.2. The van der Waals surface area contributed by atoms with E-state index in [1.165, 1.54) is 5.56 Å². The summed E-state index contributed by atoms with van der Waals surface area (Å²) in [5.41, 5.74) is 2.04. The van der Waals surface area contributed by atoms with Crippen LogP contribution in [-0.2, 0) is 6.54 Å². The first-order valence-corrected chi connectivity index (χ1v) is 9.66. The molecule has 1 saturated heterocycles. The minimum absolute atomic E-state index is 0.0945. The predicted octanol–water partition coefficient (Wildman–Crippen LogP) is 3.97. The van der Waals surface area contributed by atoms with Gasteiger partial charge in [-0.2, -0.15) is 0 Å². The number of rotatable bonds is 4. The third-order valence-electron chi connectivity index (χ3n) is 5.49. The number of hydrogen-bond donors (Lipinski definition) is 0. The molecule has 4 heteroatoms. The first kappa shape index (κ1) is 17.7. The monoisotopic (exact) mass is 359 g/mol. The topological polar surface area (TPSA) is 36.4 Å². The third kappa shape index (κ3) is 3.71. The van der Waals surface area contributed by atoms with Crippen LogP contribution in [0.3, 0.4) is 0 Å². The van der Waals surface area contributed by atoms with Gasteiger partial charge in [-0.15, -0.1) is 0 Å². The summed E-state index contributed by atoms with van der Waals surface area (Å²) in [5, 5.41) is 2.00. The van der Waals surface area contributed by atoms with Crippen LogP contribution in [0, 0.1) is 0 Å². The number of aromatic nitrogens is 1. The molecule has 3 aromatic rings. The molecular formula is C23H25N3O. The van der Waals surface area contributed by atoms with E-state index in [2.05, 4.69) is 47.1 Å². The lowest BCUT2D eigenvalue weighted by atomic mass is 10.0. The Hall–Kier alpha value is -2.72. The SMILES string of the molecule is CCC1CN(C(=O)c2cncc3ccccc23)CCN1Cc1ccccc1. The molecule has 4 rings (SSSR count). The lowest BCUT2D eigenvalue weighted by molar-refractivity contribution is 0.0452. The number of benzene rings is 2. The van der Waals surface area contributed by atoms with E-state index in [4.69, 9.17) is 0 Å². The highest BCUT2D eigenvalue weighted by atomic mass is 16.2. The molecule has 1 aromatic heterocycles. The maximum Gasteiger partial charge on any atom is 0.256 e. The molecule has 2 aromatic carbocycles. The molecule has 1 unspecified atom stereocenters. The molecule has 1 atom stereocenters. The Balaban J connectivity index is 1.51. The lowest BCUT2D eigenvalue weighted by Gasteiger charge is -2.41. The standard InChI is InChI=1S/C23H25N3O/c1-2-20-17-26(13-12-25(20)16-18-8-4-3-5-9-18)23(27)22-15-24-14-19-10-6-7-11-21(19)22/h3-11,14-15,20H,2,12-13,16-17H2,1H3. The van der Waals surface area contributed by atoms with Crippen LogP contribution in [0.4, 0.5) is 0 Å². The fourth-order valence-corrected chi connectivity index (χ4v) is 3.95. The molecular weight excluding hydrogens is 334 g/mol. The highest BCUT2D eigenvalue weighted by Gasteiger charge is 2.29. The number of hydrogen-bond acceptors (Lipinski definition) is 3. The smallest absolute Gasteiger partial charge is 0.256 e. The van der Waals surface area contributed by atoms with Crippen molar-refractivity contribution in [2.45, 2.75) is 25.9 Å². The number of nitrogens with zero attached hydrogens (tertiary/aromatic N) is 3. The maximum absolute atomic E-state index is 13.2. The summed E-state index contributed by atoms with van der Waals surface area (Å²) in [4.78, 5) is 22.0. The molecule has 0 saturated carbocycles. The van der Waals surface area contributed by atoms with E-state index >= 15 is 0 Å². The zero-order chi connectivity index (χ0) is 18.6. The normalized spacial score (nSPS) is 18.0. The summed E-state index contributed by atoms with van der Waals surface area (Å²) in [7, 11) is 0. The van der Waals surface area contributed by atoms with E-state index < -0.39 is 0 Å². The van der Waals surface area contributed by atoms with Crippen molar-refractivity contribution in [2.24, 2.45) is 0 Å². The fourth-order valence-electron chi connectivity index (χ4n) is 3.95. The summed E-state index contributed by atoms with van der Waals surface area (Å²) in [5.74, 6) is 0.0945. The number of carbonyl (C=O) groups is 1. The van der Waals surface area contributed by atoms with Gasteiger partial charge in [0.15, 0.2) is 0 Å². The molecule has 0 bridgehead atoms. The zero-order valence-corrected chi connectivity index (χ0v) is 15.7. The van der Waals surface area contributed by atoms with Crippen LogP contribution in [0.1, 0.15) is 29.3 Å². The summed E-state index contributed by atoms with van der Waals surface area (Å²) in [6.45, 7) is 5.57. The van der Waals surface area contributed by atoms with Gasteiger partial charge in [0.2, 0.25) is 0 Å². The summed E-state index contributed by atoms with van der Waals surface area (Å²) in [6, 6.07) is 18.9. The largest absolute Gasteiger partial charge is 0.336 e. The Kier molecular flexibility index (Phi) is 5.16. The van der Waals surface area contributed by atoms with Gasteiger partial charge in [0, 0.05) is 50.0 Å². The van der Waals surface area contributed by atoms with Crippen molar-refractivity contribution >= 4 is 16.7 Å². The van der Waals surface area contributed by atoms with Crippen molar-refractivity contribution in [1.82, 2.24) is 14.8 Å². The first-order chi connectivity index (χ1) is 13.3. The molecule has 27 heavy (non-hydrogen) atoms. The van der Waals surface area contributed by atoms with Gasteiger partial charge in [0.1, 0.15) is 0 Å². The van der Waals surface area contributed by atoms with Gasteiger partial charge in [-0.25, -0.2) is 0 Å². The van der Waals surface area contributed by atoms with Gasteiger partial charge < -0.3 is 4.90 Å². The van der Waals surface area contributed by atoms with Crippen LogP contribution in [0.25, 0.3) is 10.8 Å². The first-order valence-electron chi connectivity index (χ1n) is 9.66. The highest BCUT2D eigenvalue weighted by Crippen LogP contribution is 2.22. The van der Waals surface area contributed by atoms with E-state index in [-0.39, 0.29) is 5.91 Å². The van der Waals surface area contributed by atoms with E-state index in [0.717, 1.165) is 43.4 Å².